The summed E-state index contributed by atoms with van der Waals surface area (Å²) in [5, 5.41) is 17.7. The van der Waals surface area contributed by atoms with E-state index in [0.29, 0.717) is 19.4 Å². The Balaban J connectivity index is 2.26. The average Bonchev–Trinajstić information content (AvgIpc) is 2.98. The molecule has 0 bridgehead atoms. The van der Waals surface area contributed by atoms with Gasteiger partial charge in [0.1, 0.15) is 6.04 Å². The Morgan fingerprint density at radius 2 is 1.97 bits per heavy atom. The lowest BCUT2D eigenvalue weighted by molar-refractivity contribution is -0.137. The average molecular weight is 417 g/mol. The van der Waals surface area contributed by atoms with Gasteiger partial charge in [0.2, 0.25) is 11.8 Å². The molecule has 1 aromatic rings. The number of hydrogen-bond donors (Lipinski definition) is 4. The predicted octanol–water partition coefficient (Wildman–Crippen LogP) is 2.71. The summed E-state index contributed by atoms with van der Waals surface area (Å²) in [5.41, 5.74) is -0.793. The molecule has 2 amide bonds. The van der Waals surface area contributed by atoms with E-state index in [4.69, 9.17) is 4.74 Å². The molecule has 162 valence electrons. The molecule has 0 saturated carbocycles. The third kappa shape index (κ3) is 6.60. The van der Waals surface area contributed by atoms with Gasteiger partial charge in [-0.05, 0) is 37.0 Å². The summed E-state index contributed by atoms with van der Waals surface area (Å²) in [6, 6.07) is 1.55. The zero-order chi connectivity index (χ0) is 21.8. The molecule has 1 heterocycles. The van der Waals surface area contributed by atoms with Crippen molar-refractivity contribution in [3.05, 3.63) is 23.8 Å². The molecule has 1 fully saturated rings. The van der Waals surface area contributed by atoms with Gasteiger partial charge in [0, 0.05) is 6.92 Å². The van der Waals surface area contributed by atoms with E-state index < -0.39 is 41.9 Å². The van der Waals surface area contributed by atoms with Crippen LogP contribution in [0, 0.1) is 5.92 Å². The third-order valence-corrected chi connectivity index (χ3v) is 4.40. The third-order valence-electron chi connectivity index (χ3n) is 4.40. The summed E-state index contributed by atoms with van der Waals surface area (Å²) in [6.45, 7) is 5.30. The Hall–Kier alpha value is -2.33. The molecule has 3 atom stereocenters. The van der Waals surface area contributed by atoms with Crippen molar-refractivity contribution in [2.75, 3.05) is 17.2 Å². The van der Waals surface area contributed by atoms with Gasteiger partial charge < -0.3 is 25.8 Å². The topological polar surface area (TPSA) is 99.7 Å². The smallest absolute Gasteiger partial charge is 0.372 e. The first-order valence-corrected chi connectivity index (χ1v) is 9.32. The summed E-state index contributed by atoms with van der Waals surface area (Å²) in [6.07, 6.45) is -4.83. The molecule has 4 N–H and O–H groups in total. The lowest BCUT2D eigenvalue weighted by Gasteiger charge is -2.25. The van der Waals surface area contributed by atoms with Crippen LogP contribution in [0.5, 0.6) is 0 Å². The fraction of sp³-hybridized carbons (Fsp3) is 0.579. The van der Waals surface area contributed by atoms with Crippen LogP contribution in [-0.2, 0) is 20.5 Å². The molecule has 1 unspecified atom stereocenters. The molecular weight excluding hydrogens is 391 g/mol. The van der Waals surface area contributed by atoms with Crippen molar-refractivity contribution in [1.29, 1.82) is 0 Å². The molecule has 2 rings (SSSR count). The van der Waals surface area contributed by atoms with Crippen LogP contribution < -0.4 is 16.0 Å². The number of halogens is 3. The number of carbonyl (C=O) groups is 2. The van der Waals surface area contributed by atoms with Crippen LogP contribution in [0.25, 0.3) is 0 Å². The lowest BCUT2D eigenvalue weighted by Crippen LogP contribution is -2.48. The minimum absolute atomic E-state index is 0.0712. The van der Waals surface area contributed by atoms with Crippen molar-refractivity contribution >= 4 is 23.2 Å². The van der Waals surface area contributed by atoms with E-state index in [1.54, 1.807) is 0 Å². The molecule has 1 aromatic carbocycles. The van der Waals surface area contributed by atoms with E-state index >= 15 is 0 Å². The lowest BCUT2D eigenvalue weighted by atomic mass is 10.0. The van der Waals surface area contributed by atoms with Gasteiger partial charge in [-0.3, -0.25) is 9.59 Å². The Bertz CT molecular complexity index is 740. The van der Waals surface area contributed by atoms with Crippen LogP contribution in [0.15, 0.2) is 18.2 Å². The van der Waals surface area contributed by atoms with E-state index in [-0.39, 0.29) is 17.3 Å². The van der Waals surface area contributed by atoms with Crippen molar-refractivity contribution in [3.8, 4) is 0 Å². The van der Waals surface area contributed by atoms with E-state index in [0.717, 1.165) is 12.1 Å². The predicted molar refractivity (Wildman–Crippen MR) is 101 cm³/mol. The second kappa shape index (κ2) is 9.45. The second-order valence-electron chi connectivity index (χ2n) is 7.43. The highest BCUT2D eigenvalue weighted by Crippen LogP contribution is 2.34. The van der Waals surface area contributed by atoms with Gasteiger partial charge in [-0.2, -0.15) is 13.2 Å². The number of amides is 2. The van der Waals surface area contributed by atoms with E-state index in [1.807, 2.05) is 13.8 Å². The maximum absolute atomic E-state index is 13.0. The van der Waals surface area contributed by atoms with E-state index in [1.165, 1.54) is 13.0 Å². The van der Waals surface area contributed by atoms with Crippen LogP contribution >= 0.6 is 0 Å². The fourth-order valence-corrected chi connectivity index (χ4v) is 3.03. The largest absolute Gasteiger partial charge is 0.416 e. The highest BCUT2D eigenvalue weighted by atomic mass is 19.4. The highest BCUT2D eigenvalue weighted by Gasteiger charge is 2.33. The minimum atomic E-state index is -4.57. The molecule has 1 aliphatic rings. The van der Waals surface area contributed by atoms with Gasteiger partial charge >= 0.3 is 6.18 Å². The van der Waals surface area contributed by atoms with Crippen LogP contribution in [0.4, 0.5) is 24.5 Å². The van der Waals surface area contributed by atoms with Crippen LogP contribution in [-0.4, -0.2) is 41.9 Å². The van der Waals surface area contributed by atoms with E-state index in [2.05, 4.69) is 16.0 Å². The number of aliphatic hydroxyl groups excluding tert-OH is 1. The maximum atomic E-state index is 13.0. The van der Waals surface area contributed by atoms with Gasteiger partial charge in [-0.25, -0.2) is 0 Å². The number of rotatable bonds is 7. The van der Waals surface area contributed by atoms with Crippen LogP contribution in [0.1, 0.15) is 39.2 Å². The van der Waals surface area contributed by atoms with Crippen molar-refractivity contribution < 1.29 is 32.6 Å². The van der Waals surface area contributed by atoms with Crippen molar-refractivity contribution in [3.63, 3.8) is 0 Å². The van der Waals surface area contributed by atoms with Crippen molar-refractivity contribution in [2.24, 2.45) is 5.92 Å². The SMILES string of the molecule is CC(=O)Nc1cc(C(F)(F)F)ccc1N[C@@H](CC(C)C)C(=O)N[C@H]1CCOC1O. The molecular formula is C19H26F3N3O4. The standard InChI is InChI=1S/C19H26F3N3O4/c1-10(2)8-16(17(27)25-14-6-7-29-18(14)28)24-13-5-4-12(19(20,21)22)9-15(13)23-11(3)26/h4-5,9-10,14,16,18,24,28H,6-8H2,1-3H3,(H,23,26)(H,25,27)/t14-,16-,18?/m0/s1. The monoisotopic (exact) mass is 417 g/mol. The first kappa shape index (κ1) is 23.0. The second-order valence-corrected chi connectivity index (χ2v) is 7.43. The Morgan fingerprint density at radius 1 is 1.28 bits per heavy atom. The first-order chi connectivity index (χ1) is 13.5. The molecule has 0 aromatic heterocycles. The summed E-state index contributed by atoms with van der Waals surface area (Å²) in [5.74, 6) is -0.855. The van der Waals surface area contributed by atoms with Gasteiger partial charge in [-0.15, -0.1) is 0 Å². The summed E-state index contributed by atoms with van der Waals surface area (Å²) in [7, 11) is 0. The molecule has 0 aliphatic carbocycles. The maximum Gasteiger partial charge on any atom is 0.416 e. The number of anilines is 2. The number of nitrogens with one attached hydrogen (secondary N) is 3. The van der Waals surface area contributed by atoms with E-state index in [9.17, 15) is 27.9 Å². The number of benzene rings is 1. The van der Waals surface area contributed by atoms with Crippen molar-refractivity contribution in [2.45, 2.75) is 58.2 Å². The van der Waals surface area contributed by atoms with Crippen LogP contribution in [0.2, 0.25) is 0 Å². The molecule has 1 saturated heterocycles. The minimum Gasteiger partial charge on any atom is -0.372 e. The number of hydrogen-bond acceptors (Lipinski definition) is 5. The van der Waals surface area contributed by atoms with Crippen LogP contribution in [0.3, 0.4) is 0 Å². The normalized spacial score (nSPS) is 20.4. The Morgan fingerprint density at radius 3 is 2.48 bits per heavy atom. The number of carbonyl (C=O) groups excluding carboxylic acids is 2. The molecule has 7 nitrogen and oxygen atoms in total. The molecule has 0 spiro atoms. The summed E-state index contributed by atoms with van der Waals surface area (Å²) >= 11 is 0. The summed E-state index contributed by atoms with van der Waals surface area (Å²) < 4.78 is 44.1. The first-order valence-electron chi connectivity index (χ1n) is 9.32. The van der Waals surface area contributed by atoms with Gasteiger partial charge in [0.25, 0.3) is 0 Å². The zero-order valence-corrected chi connectivity index (χ0v) is 16.5. The van der Waals surface area contributed by atoms with Gasteiger partial charge in [0.15, 0.2) is 6.29 Å². The fourth-order valence-electron chi connectivity index (χ4n) is 3.03. The molecule has 10 heteroatoms. The molecule has 0 radical (unpaired) electrons. The molecule has 1 aliphatic heterocycles. The van der Waals surface area contributed by atoms with Crippen molar-refractivity contribution in [1.82, 2.24) is 5.32 Å². The number of ether oxygens (including phenoxy) is 1. The van der Waals surface area contributed by atoms with Gasteiger partial charge in [-0.1, -0.05) is 13.8 Å². The number of alkyl halides is 3. The zero-order valence-electron chi connectivity index (χ0n) is 16.5. The summed E-state index contributed by atoms with van der Waals surface area (Å²) in [4.78, 5) is 24.2. The number of aliphatic hydroxyl groups is 1. The Kier molecular flexibility index (Phi) is 7.48. The highest BCUT2D eigenvalue weighted by molar-refractivity contribution is 5.94. The molecule has 29 heavy (non-hydrogen) atoms. The quantitative estimate of drug-likeness (QED) is 0.547. The van der Waals surface area contributed by atoms with Gasteiger partial charge in [0.05, 0.1) is 29.6 Å². The Labute approximate surface area is 167 Å².